The molecule has 4 aromatic rings. The van der Waals surface area contributed by atoms with Gasteiger partial charge in [0.05, 0.1) is 76.3 Å². The number of aromatic nitrogens is 3. The van der Waals surface area contributed by atoms with Gasteiger partial charge in [-0.15, -0.1) is 5.10 Å². The van der Waals surface area contributed by atoms with Gasteiger partial charge < -0.3 is 63.8 Å². The summed E-state index contributed by atoms with van der Waals surface area (Å²) in [7, 11) is -4.34. The van der Waals surface area contributed by atoms with E-state index in [0.29, 0.717) is 94.2 Å². The lowest BCUT2D eigenvalue weighted by atomic mass is 10.0. The number of carboxylic acids is 1. The molecule has 6 amide bonds. The summed E-state index contributed by atoms with van der Waals surface area (Å²) in [5.74, 6) is -2.89. The summed E-state index contributed by atoms with van der Waals surface area (Å²) in [5, 5.41) is 32.4. The van der Waals surface area contributed by atoms with Crippen molar-refractivity contribution >= 4 is 67.2 Å². The van der Waals surface area contributed by atoms with Crippen molar-refractivity contribution in [3.8, 4) is 11.5 Å². The molecule has 0 radical (unpaired) electrons. The van der Waals surface area contributed by atoms with E-state index in [-0.39, 0.29) is 54.5 Å². The Morgan fingerprint density at radius 2 is 1.33 bits per heavy atom. The van der Waals surface area contributed by atoms with E-state index in [9.17, 15) is 37.1 Å². The zero-order chi connectivity index (χ0) is 64.2. The quantitative estimate of drug-likeness (QED) is 0.00643. The summed E-state index contributed by atoms with van der Waals surface area (Å²) in [6.45, 7) is 13.4. The smallest absolute Gasteiger partial charge is 0.475 e. The van der Waals surface area contributed by atoms with Gasteiger partial charge in [0.15, 0.2) is 5.78 Å². The zero-order valence-electron chi connectivity index (χ0n) is 49.8. The maximum absolute atomic E-state index is 15.1. The van der Waals surface area contributed by atoms with Gasteiger partial charge in [-0.25, -0.2) is 38.2 Å². The van der Waals surface area contributed by atoms with Gasteiger partial charge in [-0.05, 0) is 109 Å². The molecule has 1 aromatic heterocycles. The number of alkyl halides is 3. The Bertz CT molecular complexity index is 2840. The first-order chi connectivity index (χ1) is 41.7. The fourth-order valence-corrected chi connectivity index (χ4v) is 11.4. The number of thioether (sulfide) groups is 1. The lowest BCUT2D eigenvalue weighted by Gasteiger charge is -2.28. The zero-order valence-corrected chi connectivity index (χ0v) is 51.6. The van der Waals surface area contributed by atoms with E-state index in [0.717, 1.165) is 25.0 Å². The normalized spacial score (nSPS) is 15.8. The Balaban J connectivity index is 0.00000190. The SMILES string of the molecule is CC(C)(C)OC(=O)NC(=Nc1ccc(CC(NC(=O)OCCCc2cn(CCOCCOCCOCCNC(=O)CCCC[C@@H]3SC[C@@H]4NC(=O)N[C@@H]43)nn2)P(=O)(Oc2ccccc2)Oc2ccccc2)cc1)NC(=O)OC(C)(C)C.O=C(O)C(F)(F)F. The number of hydrogen-bond donors (Lipinski definition) is 7. The highest BCUT2D eigenvalue weighted by Crippen LogP contribution is 2.53. The first-order valence-electron chi connectivity index (χ1n) is 28.3. The van der Waals surface area contributed by atoms with Gasteiger partial charge in [0.25, 0.3) is 0 Å². The number of aryl methyl sites for hydroxylation is 1. The molecule has 2 aliphatic heterocycles. The molecule has 3 aromatic carbocycles. The molecular formula is C57H78F3N10O16PS. The van der Waals surface area contributed by atoms with Crippen LogP contribution in [0.1, 0.15) is 84.9 Å². The van der Waals surface area contributed by atoms with E-state index in [1.807, 2.05) is 11.8 Å². The molecule has 0 spiro atoms. The number of carboxylic acid groups (broad SMARTS) is 1. The molecule has 0 bridgehead atoms. The van der Waals surface area contributed by atoms with Gasteiger partial charge in [0.2, 0.25) is 11.9 Å². The van der Waals surface area contributed by atoms with Crippen LogP contribution < -0.4 is 40.9 Å². The van der Waals surface area contributed by atoms with Crippen LogP contribution in [0.25, 0.3) is 0 Å². The fraction of sp³-hybridized carbons (Fsp3) is 0.526. The summed E-state index contributed by atoms with van der Waals surface area (Å²) in [4.78, 5) is 76.1. The van der Waals surface area contributed by atoms with Crippen LogP contribution in [0, 0.1) is 0 Å². The van der Waals surface area contributed by atoms with E-state index < -0.39 is 55.0 Å². The molecule has 7 N–H and O–H groups in total. The number of ether oxygens (including phenoxy) is 6. The van der Waals surface area contributed by atoms with Crippen LogP contribution >= 0.6 is 19.4 Å². The molecule has 2 aliphatic rings. The highest BCUT2D eigenvalue weighted by Gasteiger charge is 2.43. The van der Waals surface area contributed by atoms with Crippen LogP contribution in [0.4, 0.5) is 38.0 Å². The molecule has 3 heterocycles. The summed E-state index contributed by atoms with van der Waals surface area (Å²) in [5.41, 5.74) is -0.114. The number of amides is 6. The molecule has 4 atom stereocenters. The number of nitrogens with zero attached hydrogens (tertiary/aromatic N) is 4. The van der Waals surface area contributed by atoms with Gasteiger partial charge in [-0.1, -0.05) is 60.2 Å². The van der Waals surface area contributed by atoms with Crippen LogP contribution in [0.3, 0.4) is 0 Å². The lowest BCUT2D eigenvalue weighted by molar-refractivity contribution is -0.192. The number of halogens is 3. The monoisotopic (exact) mass is 1280 g/mol. The van der Waals surface area contributed by atoms with E-state index in [4.69, 9.17) is 47.4 Å². The van der Waals surface area contributed by atoms with Crippen LogP contribution in [-0.4, -0.2) is 161 Å². The number of aliphatic imine (C=N–C) groups is 1. The highest BCUT2D eigenvalue weighted by molar-refractivity contribution is 8.00. The predicted octanol–water partition coefficient (Wildman–Crippen LogP) is 8.42. The number of aliphatic carboxylic acids is 1. The van der Waals surface area contributed by atoms with Crippen molar-refractivity contribution < 1.29 is 89.1 Å². The second kappa shape index (κ2) is 35.4. The van der Waals surface area contributed by atoms with Crippen molar-refractivity contribution in [1.82, 2.24) is 46.9 Å². The Morgan fingerprint density at radius 1 is 0.761 bits per heavy atom. The summed E-state index contributed by atoms with van der Waals surface area (Å²) in [6.07, 6.45) is -1.90. The summed E-state index contributed by atoms with van der Waals surface area (Å²) >= 11 is 1.88. The van der Waals surface area contributed by atoms with E-state index in [2.05, 4.69) is 47.2 Å². The minimum Gasteiger partial charge on any atom is -0.475 e. The molecule has 26 nitrogen and oxygen atoms in total. The van der Waals surface area contributed by atoms with Gasteiger partial charge in [-0.2, -0.15) is 24.9 Å². The van der Waals surface area contributed by atoms with Crippen LogP contribution in [0.15, 0.2) is 96.1 Å². The number of guanidine groups is 1. The minimum absolute atomic E-state index is 0.00611. The number of unbranched alkanes of at least 4 members (excludes halogenated alkanes) is 1. The number of benzene rings is 3. The molecular weight excluding hydrogens is 1200 g/mol. The van der Waals surface area contributed by atoms with E-state index in [1.165, 1.54) is 0 Å². The second-order valence-corrected chi connectivity index (χ2v) is 25.0. The third-order valence-electron chi connectivity index (χ3n) is 12.0. The Kier molecular flexibility index (Phi) is 28.6. The number of carbonyl (C=O) groups is 6. The van der Waals surface area contributed by atoms with Crippen LogP contribution in [-0.2, 0) is 62.0 Å². The molecule has 0 aliphatic carbocycles. The minimum atomic E-state index is -5.08. The first-order valence-corrected chi connectivity index (χ1v) is 31.0. The standard InChI is InChI=1S/C55H77N10O14PS.C2HF3O2/c1-54(2,3)76-52(69)61-49(62-53(70)77-55(4,5)6)57-40-25-23-39(24-26-40)36-47(80(71,78-42-17-9-7-10-18-42)79-43-19-11-8-12-20-43)59-51(68)75-29-15-16-41-37-65(64-63-41)28-31-73-33-35-74-34-32-72-30-27-56-46(66)22-14-13-21-45-48-44(38-81-45)58-50(67)60-48;3-2(4,5)1(6)7/h7-12,17-20,23-26,37,44-45,47-48H,13-16,21-22,27-36,38H2,1-6H3,(H,56,66)(H,59,68)(H2,58,60,67)(H2,57,61,62,69,70);(H,6,7)/t44-,45-,47?,48-;/m0./s1. The number of rotatable bonds is 30. The molecule has 88 heavy (non-hydrogen) atoms. The van der Waals surface area contributed by atoms with Gasteiger partial charge in [0.1, 0.15) is 22.7 Å². The van der Waals surface area contributed by atoms with Crippen molar-refractivity contribution in [1.29, 1.82) is 0 Å². The number of alkyl carbamates (subject to hydrolysis) is 3. The molecule has 1 unspecified atom stereocenters. The molecule has 0 saturated carbocycles. The van der Waals surface area contributed by atoms with E-state index >= 15 is 4.57 Å². The average molecular weight is 1280 g/mol. The number of nitrogens with one attached hydrogen (secondary N) is 6. The van der Waals surface area contributed by atoms with Crippen molar-refractivity contribution in [2.75, 3.05) is 58.5 Å². The summed E-state index contributed by atoms with van der Waals surface area (Å²) in [6, 6.07) is 23.7. The number of carbonyl (C=O) groups excluding carboxylic acids is 5. The fourth-order valence-electron chi connectivity index (χ4n) is 8.07. The lowest BCUT2D eigenvalue weighted by Crippen LogP contribution is -2.47. The Labute approximate surface area is 512 Å². The molecule has 31 heteroatoms. The maximum atomic E-state index is 15.1. The van der Waals surface area contributed by atoms with Crippen molar-refractivity contribution in [3.05, 3.63) is 102 Å². The largest absolute Gasteiger partial charge is 0.490 e. The molecule has 2 fully saturated rings. The molecule has 2 saturated heterocycles. The number of hydrogen-bond acceptors (Lipinski definition) is 19. The van der Waals surface area contributed by atoms with Gasteiger partial charge in [-0.3, -0.25) is 15.4 Å². The summed E-state index contributed by atoms with van der Waals surface area (Å²) < 4.78 is 94.0. The molecule has 484 valence electrons. The maximum Gasteiger partial charge on any atom is 0.490 e. The number of para-hydroxylation sites is 2. The third kappa shape index (κ3) is 28.0. The van der Waals surface area contributed by atoms with Crippen molar-refractivity contribution in [2.45, 2.75) is 134 Å². The third-order valence-corrected chi connectivity index (χ3v) is 15.5. The van der Waals surface area contributed by atoms with Crippen molar-refractivity contribution in [3.63, 3.8) is 0 Å². The predicted molar refractivity (Wildman–Crippen MR) is 317 cm³/mol. The van der Waals surface area contributed by atoms with E-state index in [1.54, 1.807) is 137 Å². The second-order valence-electron chi connectivity index (χ2n) is 21.7. The average Bonchev–Trinajstić information content (AvgIpc) is 1.65. The van der Waals surface area contributed by atoms with Crippen LogP contribution in [0.5, 0.6) is 11.5 Å². The van der Waals surface area contributed by atoms with Crippen molar-refractivity contribution in [2.24, 2.45) is 4.99 Å². The first kappa shape index (κ1) is 71.1. The topological polar surface area (TPSA) is 329 Å². The number of urea groups is 1. The highest BCUT2D eigenvalue weighted by atomic mass is 32.2. The van der Waals surface area contributed by atoms with Gasteiger partial charge >= 0.3 is 44.1 Å². The Morgan fingerprint density at radius 3 is 1.90 bits per heavy atom. The number of fused-ring (bicyclic) bond motifs is 1. The molecule has 6 rings (SSSR count). The Hall–Kier alpha value is -7.66. The van der Waals surface area contributed by atoms with Crippen LogP contribution in [0.2, 0.25) is 0 Å². The van der Waals surface area contributed by atoms with Gasteiger partial charge in [0, 0.05) is 36.6 Å².